The Balaban J connectivity index is 1.24. The lowest BCUT2D eigenvalue weighted by Gasteiger charge is -2.22. The third kappa shape index (κ3) is 6.65. The molecule has 1 aliphatic rings. The zero-order chi connectivity index (χ0) is 28.1. The molecule has 1 aromatic heterocycles. The molecule has 0 bridgehead atoms. The van der Waals surface area contributed by atoms with E-state index in [1.807, 2.05) is 54.6 Å². The van der Waals surface area contributed by atoms with Gasteiger partial charge >= 0.3 is 0 Å². The van der Waals surface area contributed by atoms with Crippen molar-refractivity contribution < 1.29 is 14.0 Å². The van der Waals surface area contributed by atoms with Gasteiger partial charge in [0.2, 0.25) is 5.91 Å². The lowest BCUT2D eigenvalue weighted by molar-refractivity contribution is -0.130. The predicted octanol–water partition coefficient (Wildman–Crippen LogP) is 5.05. The summed E-state index contributed by atoms with van der Waals surface area (Å²) in [6, 6.07) is 23.1. The van der Waals surface area contributed by atoms with Gasteiger partial charge < -0.3 is 9.88 Å². The average molecular weight is 622 g/mol. The van der Waals surface area contributed by atoms with Crippen molar-refractivity contribution in [3.05, 3.63) is 112 Å². The first-order valence-corrected chi connectivity index (χ1v) is 14.4. The first kappa shape index (κ1) is 27.7. The zero-order valence-electron chi connectivity index (χ0n) is 21.6. The molecule has 3 aromatic carbocycles. The molecule has 0 unspecified atom stereocenters. The number of amides is 2. The maximum absolute atomic E-state index is 13.6. The van der Waals surface area contributed by atoms with Crippen LogP contribution in [-0.4, -0.2) is 43.1 Å². The lowest BCUT2D eigenvalue weighted by atomic mass is 9.98. The molecule has 1 aliphatic heterocycles. The van der Waals surface area contributed by atoms with E-state index < -0.39 is 0 Å². The molecule has 204 valence electrons. The van der Waals surface area contributed by atoms with Crippen molar-refractivity contribution in [2.24, 2.45) is 12.1 Å². The van der Waals surface area contributed by atoms with E-state index in [1.165, 1.54) is 28.9 Å². The van der Waals surface area contributed by atoms with Crippen LogP contribution in [0.2, 0.25) is 0 Å². The standard InChI is InChI=1S/C29H26BrFN6O2S/c1-36-26(17-32-27(38)15-19-5-3-2-4-6-19)33-34-29(36)40-18-28(39)37-25(21-9-13-23(31)14-10-21)16-24(35-37)20-7-11-22(30)12-8-20/h2-14,25H,15-18H2,1H3,(H,32,38)/t25-/m1/s1. The van der Waals surface area contributed by atoms with Crippen LogP contribution in [0.25, 0.3) is 0 Å². The summed E-state index contributed by atoms with van der Waals surface area (Å²) in [6.07, 6.45) is 0.795. The van der Waals surface area contributed by atoms with E-state index in [1.54, 1.807) is 23.7 Å². The highest BCUT2D eigenvalue weighted by Crippen LogP contribution is 2.34. The second kappa shape index (κ2) is 12.6. The van der Waals surface area contributed by atoms with E-state index in [9.17, 15) is 14.0 Å². The smallest absolute Gasteiger partial charge is 0.253 e. The molecule has 40 heavy (non-hydrogen) atoms. The van der Waals surface area contributed by atoms with Crippen molar-refractivity contribution >= 4 is 45.2 Å². The minimum atomic E-state index is -0.345. The summed E-state index contributed by atoms with van der Waals surface area (Å²) in [5.74, 6) is 0.0168. The van der Waals surface area contributed by atoms with Gasteiger partial charge in [-0.05, 0) is 41.0 Å². The summed E-state index contributed by atoms with van der Waals surface area (Å²) in [5, 5.41) is 18.0. The van der Waals surface area contributed by atoms with Gasteiger partial charge in [0, 0.05) is 17.9 Å². The summed E-state index contributed by atoms with van der Waals surface area (Å²) in [6.45, 7) is 0.225. The largest absolute Gasteiger partial charge is 0.349 e. The van der Waals surface area contributed by atoms with Crippen LogP contribution in [0.15, 0.2) is 93.6 Å². The van der Waals surface area contributed by atoms with Gasteiger partial charge in [-0.2, -0.15) is 5.10 Å². The number of carbonyl (C=O) groups is 2. The van der Waals surface area contributed by atoms with Gasteiger partial charge in [-0.3, -0.25) is 9.59 Å². The third-order valence-electron chi connectivity index (χ3n) is 6.50. The average Bonchev–Trinajstić information content (AvgIpc) is 3.56. The molecule has 0 saturated carbocycles. The Hall–Kier alpha value is -3.83. The van der Waals surface area contributed by atoms with Gasteiger partial charge in [0.05, 0.1) is 30.5 Å². The van der Waals surface area contributed by atoms with Crippen LogP contribution in [-0.2, 0) is 29.6 Å². The van der Waals surface area contributed by atoms with Gasteiger partial charge in [-0.1, -0.05) is 82.3 Å². The zero-order valence-corrected chi connectivity index (χ0v) is 24.0. The molecule has 2 heterocycles. The number of nitrogens with one attached hydrogen (secondary N) is 1. The topological polar surface area (TPSA) is 92.5 Å². The lowest BCUT2D eigenvalue weighted by Crippen LogP contribution is -2.28. The van der Waals surface area contributed by atoms with E-state index >= 15 is 0 Å². The number of hydrogen-bond acceptors (Lipinski definition) is 6. The van der Waals surface area contributed by atoms with Gasteiger partial charge in [0.25, 0.3) is 5.91 Å². The van der Waals surface area contributed by atoms with E-state index in [0.717, 1.165) is 26.9 Å². The van der Waals surface area contributed by atoms with Crippen LogP contribution in [0.5, 0.6) is 0 Å². The Morgan fingerprint density at radius 1 is 1.02 bits per heavy atom. The summed E-state index contributed by atoms with van der Waals surface area (Å²) in [5.41, 5.74) is 3.44. The number of halogens is 2. The summed E-state index contributed by atoms with van der Waals surface area (Å²) in [4.78, 5) is 25.7. The monoisotopic (exact) mass is 620 g/mol. The first-order chi connectivity index (χ1) is 19.4. The minimum absolute atomic E-state index is 0.0845. The highest BCUT2D eigenvalue weighted by Gasteiger charge is 2.33. The Kier molecular flexibility index (Phi) is 8.71. The van der Waals surface area contributed by atoms with E-state index in [2.05, 4.69) is 36.5 Å². The van der Waals surface area contributed by atoms with Crippen LogP contribution in [0.4, 0.5) is 4.39 Å². The molecule has 1 atom stereocenters. The van der Waals surface area contributed by atoms with E-state index in [0.29, 0.717) is 17.4 Å². The van der Waals surface area contributed by atoms with Gasteiger partial charge in [-0.25, -0.2) is 9.40 Å². The number of nitrogens with zero attached hydrogens (tertiary/aromatic N) is 5. The van der Waals surface area contributed by atoms with Gasteiger partial charge in [0.1, 0.15) is 5.82 Å². The molecule has 1 N–H and O–H groups in total. The number of rotatable bonds is 9. The Morgan fingerprint density at radius 3 is 2.48 bits per heavy atom. The molecule has 0 saturated heterocycles. The highest BCUT2D eigenvalue weighted by atomic mass is 79.9. The van der Waals surface area contributed by atoms with Crippen molar-refractivity contribution in [3.8, 4) is 0 Å². The molecular weight excluding hydrogens is 595 g/mol. The summed E-state index contributed by atoms with van der Waals surface area (Å²) >= 11 is 4.70. The Morgan fingerprint density at radius 2 is 1.75 bits per heavy atom. The van der Waals surface area contributed by atoms with Crippen LogP contribution < -0.4 is 5.32 Å². The number of hydrogen-bond donors (Lipinski definition) is 1. The molecule has 0 aliphatic carbocycles. The molecule has 4 aromatic rings. The number of benzene rings is 3. The van der Waals surface area contributed by atoms with Crippen molar-refractivity contribution in [1.29, 1.82) is 0 Å². The SMILES string of the molecule is Cn1c(CNC(=O)Cc2ccccc2)nnc1SCC(=O)N1N=C(c2ccc(Br)cc2)C[C@@H]1c1ccc(F)cc1. The molecule has 0 spiro atoms. The molecule has 0 fully saturated rings. The van der Waals surface area contributed by atoms with E-state index in [-0.39, 0.29) is 42.4 Å². The van der Waals surface area contributed by atoms with Crippen LogP contribution in [0, 0.1) is 5.82 Å². The Labute approximate surface area is 243 Å². The number of hydrazone groups is 1. The number of carbonyl (C=O) groups excluding carboxylic acids is 2. The molecule has 0 radical (unpaired) electrons. The normalized spacial score (nSPS) is 14.7. The van der Waals surface area contributed by atoms with Crippen LogP contribution in [0.1, 0.15) is 35.0 Å². The second-order valence-electron chi connectivity index (χ2n) is 9.25. The van der Waals surface area contributed by atoms with Crippen molar-refractivity contribution in [2.45, 2.75) is 30.6 Å². The second-order valence-corrected chi connectivity index (χ2v) is 11.1. The molecule has 2 amide bonds. The van der Waals surface area contributed by atoms with Crippen LogP contribution >= 0.6 is 27.7 Å². The van der Waals surface area contributed by atoms with Gasteiger partial charge in [0.15, 0.2) is 11.0 Å². The first-order valence-electron chi connectivity index (χ1n) is 12.6. The summed E-state index contributed by atoms with van der Waals surface area (Å²) < 4.78 is 16.3. The maximum Gasteiger partial charge on any atom is 0.253 e. The number of thioether (sulfide) groups is 1. The molecule has 5 rings (SSSR count). The van der Waals surface area contributed by atoms with Crippen LogP contribution in [0.3, 0.4) is 0 Å². The fourth-order valence-corrected chi connectivity index (χ4v) is 5.39. The predicted molar refractivity (Wildman–Crippen MR) is 155 cm³/mol. The molecule has 8 nitrogen and oxygen atoms in total. The molecular formula is C29H26BrFN6O2S. The molecule has 11 heteroatoms. The highest BCUT2D eigenvalue weighted by molar-refractivity contribution is 9.10. The van der Waals surface area contributed by atoms with Crippen molar-refractivity contribution in [1.82, 2.24) is 25.1 Å². The fraction of sp³-hybridized carbons (Fsp3) is 0.207. The van der Waals surface area contributed by atoms with E-state index in [4.69, 9.17) is 0 Å². The van der Waals surface area contributed by atoms with Gasteiger partial charge in [-0.15, -0.1) is 10.2 Å². The number of aromatic nitrogens is 3. The third-order valence-corrected chi connectivity index (χ3v) is 8.03. The van der Waals surface area contributed by atoms with Crippen molar-refractivity contribution in [2.75, 3.05) is 5.75 Å². The Bertz CT molecular complexity index is 1530. The maximum atomic E-state index is 13.6. The minimum Gasteiger partial charge on any atom is -0.349 e. The van der Waals surface area contributed by atoms with Crippen molar-refractivity contribution in [3.63, 3.8) is 0 Å². The fourth-order valence-electron chi connectivity index (χ4n) is 4.34. The summed E-state index contributed by atoms with van der Waals surface area (Å²) in [7, 11) is 1.80. The quantitative estimate of drug-likeness (QED) is 0.265.